The van der Waals surface area contributed by atoms with Gasteiger partial charge < -0.3 is 20.7 Å². The molecule has 4 aliphatic rings. The first-order valence-electron chi connectivity index (χ1n) is 11.0. The summed E-state index contributed by atoms with van der Waals surface area (Å²) in [5.41, 5.74) is 0.505. The van der Waals surface area contributed by atoms with Crippen LogP contribution in [0.1, 0.15) is 52.4 Å². The van der Waals surface area contributed by atoms with Crippen LogP contribution in [-0.2, 0) is 14.3 Å². The number of carbonyl (C=O) groups is 3. The summed E-state index contributed by atoms with van der Waals surface area (Å²) in [7, 11) is 0. The van der Waals surface area contributed by atoms with Crippen molar-refractivity contribution in [1.29, 1.82) is 0 Å². The van der Waals surface area contributed by atoms with E-state index in [-0.39, 0.29) is 11.4 Å². The molecule has 1 aromatic carbocycles. The molecule has 2 atom stereocenters. The molecule has 0 heterocycles. The van der Waals surface area contributed by atoms with Gasteiger partial charge in [-0.1, -0.05) is 18.2 Å². The molecule has 162 valence electrons. The molecule has 0 saturated heterocycles. The second-order valence-electron chi connectivity index (χ2n) is 9.45. The molecule has 4 aliphatic carbocycles. The molecule has 3 amide bonds. The quantitative estimate of drug-likeness (QED) is 0.624. The van der Waals surface area contributed by atoms with Crippen LogP contribution in [0.25, 0.3) is 0 Å². The highest BCUT2D eigenvalue weighted by Gasteiger charge is 2.51. The fourth-order valence-corrected chi connectivity index (χ4v) is 5.90. The van der Waals surface area contributed by atoms with Gasteiger partial charge in [-0.25, -0.2) is 9.59 Å². The molecule has 7 nitrogen and oxygen atoms in total. The Labute approximate surface area is 177 Å². The van der Waals surface area contributed by atoms with Crippen LogP contribution in [0.2, 0.25) is 0 Å². The Kier molecular flexibility index (Phi) is 5.71. The average molecular weight is 414 g/mol. The number of hydrogen-bond acceptors (Lipinski definition) is 4. The predicted molar refractivity (Wildman–Crippen MR) is 113 cm³/mol. The molecule has 4 bridgehead atoms. The molecule has 30 heavy (non-hydrogen) atoms. The number of anilines is 1. The van der Waals surface area contributed by atoms with Gasteiger partial charge in [0, 0.05) is 11.2 Å². The number of benzene rings is 1. The molecule has 1 aromatic rings. The van der Waals surface area contributed by atoms with Crippen molar-refractivity contribution in [2.75, 3.05) is 5.32 Å². The molecule has 0 unspecified atom stereocenters. The molecule has 0 radical (unpaired) electrons. The van der Waals surface area contributed by atoms with Gasteiger partial charge in [0.25, 0.3) is 5.91 Å². The number of para-hydroxylation sites is 1. The Morgan fingerprint density at radius 3 is 2.10 bits per heavy atom. The zero-order chi connectivity index (χ0) is 21.3. The molecule has 3 N–H and O–H groups in total. The van der Waals surface area contributed by atoms with E-state index in [1.54, 1.807) is 31.2 Å². The van der Waals surface area contributed by atoms with E-state index in [2.05, 4.69) is 16.0 Å². The van der Waals surface area contributed by atoms with Gasteiger partial charge in [-0.3, -0.25) is 4.79 Å². The summed E-state index contributed by atoms with van der Waals surface area (Å²) in [4.78, 5) is 37.2. The van der Waals surface area contributed by atoms with Gasteiger partial charge in [0.05, 0.1) is 0 Å². The van der Waals surface area contributed by atoms with Crippen LogP contribution < -0.4 is 16.0 Å². The van der Waals surface area contributed by atoms with Gasteiger partial charge in [0.1, 0.15) is 6.04 Å². The summed E-state index contributed by atoms with van der Waals surface area (Å²) in [5, 5.41) is 8.42. The monoisotopic (exact) mass is 413 g/mol. The van der Waals surface area contributed by atoms with E-state index < -0.39 is 24.1 Å². The third-order valence-corrected chi connectivity index (χ3v) is 6.82. The number of esters is 1. The summed E-state index contributed by atoms with van der Waals surface area (Å²) in [6, 6.07) is 7.58. The lowest BCUT2D eigenvalue weighted by Gasteiger charge is -2.57. The second-order valence-corrected chi connectivity index (χ2v) is 9.45. The first kappa shape index (κ1) is 20.7. The Morgan fingerprint density at radius 2 is 1.53 bits per heavy atom. The van der Waals surface area contributed by atoms with Gasteiger partial charge in [-0.15, -0.1) is 0 Å². The van der Waals surface area contributed by atoms with E-state index in [1.165, 1.54) is 26.2 Å². The first-order valence-corrected chi connectivity index (χ1v) is 11.0. The van der Waals surface area contributed by atoms with Crippen molar-refractivity contribution in [1.82, 2.24) is 10.6 Å². The smallest absolute Gasteiger partial charge is 0.329 e. The topological polar surface area (TPSA) is 96.5 Å². The van der Waals surface area contributed by atoms with Crippen LogP contribution in [-0.4, -0.2) is 35.6 Å². The Balaban J connectivity index is 1.25. The predicted octanol–water partition coefficient (Wildman–Crippen LogP) is 3.21. The Hall–Kier alpha value is -2.57. The van der Waals surface area contributed by atoms with E-state index in [0.29, 0.717) is 5.69 Å². The van der Waals surface area contributed by atoms with Crippen molar-refractivity contribution in [3.05, 3.63) is 30.3 Å². The molecule has 5 rings (SSSR count). The molecule has 0 aliphatic heterocycles. The summed E-state index contributed by atoms with van der Waals surface area (Å²) in [6.07, 6.45) is 6.14. The first-order chi connectivity index (χ1) is 14.3. The maximum atomic E-state index is 12.8. The fourth-order valence-electron chi connectivity index (χ4n) is 5.90. The van der Waals surface area contributed by atoms with Crippen LogP contribution in [0.15, 0.2) is 30.3 Å². The average Bonchev–Trinajstić information content (AvgIpc) is 2.67. The Bertz CT molecular complexity index is 775. The number of hydrogen-bond donors (Lipinski definition) is 3. The molecule has 7 heteroatoms. The molecule has 4 saturated carbocycles. The standard InChI is InChI=1S/C23H31N3O4/c1-14(24-22(29)25-19-6-4-3-5-7-19)21(28)30-15(2)20(27)26-23-11-16-8-17(12-23)10-18(9-16)13-23/h3-7,14-18H,8-13H2,1-2H3,(H,26,27)(H2,24,25,29)/t14-,15+,16?,17?,18?,23?/m0/s1. The number of carbonyl (C=O) groups excluding carboxylic acids is 3. The third-order valence-electron chi connectivity index (χ3n) is 6.82. The van der Waals surface area contributed by atoms with E-state index in [9.17, 15) is 14.4 Å². The molecular formula is C23H31N3O4. The summed E-state index contributed by atoms with van der Waals surface area (Å²) < 4.78 is 5.35. The summed E-state index contributed by atoms with van der Waals surface area (Å²) >= 11 is 0. The number of rotatable bonds is 6. The number of urea groups is 1. The van der Waals surface area contributed by atoms with Crippen LogP contribution in [0.3, 0.4) is 0 Å². The van der Waals surface area contributed by atoms with E-state index in [1.807, 2.05) is 6.07 Å². The largest absolute Gasteiger partial charge is 0.451 e. The van der Waals surface area contributed by atoms with E-state index in [0.717, 1.165) is 37.0 Å². The number of ether oxygens (including phenoxy) is 1. The van der Waals surface area contributed by atoms with Crippen LogP contribution in [0.4, 0.5) is 10.5 Å². The lowest BCUT2D eigenvalue weighted by molar-refractivity contribution is -0.158. The highest BCUT2D eigenvalue weighted by Crippen LogP contribution is 2.55. The van der Waals surface area contributed by atoms with Crippen LogP contribution >= 0.6 is 0 Å². The van der Waals surface area contributed by atoms with Gasteiger partial charge >= 0.3 is 12.0 Å². The zero-order valence-electron chi connectivity index (χ0n) is 17.6. The van der Waals surface area contributed by atoms with Gasteiger partial charge in [-0.2, -0.15) is 0 Å². The highest BCUT2D eigenvalue weighted by molar-refractivity contribution is 5.93. The van der Waals surface area contributed by atoms with Crippen LogP contribution in [0, 0.1) is 17.8 Å². The maximum Gasteiger partial charge on any atom is 0.329 e. The molecule has 0 aromatic heterocycles. The van der Waals surface area contributed by atoms with Gasteiger partial charge in [0.15, 0.2) is 6.10 Å². The third kappa shape index (κ3) is 4.60. The zero-order valence-corrected chi connectivity index (χ0v) is 17.6. The highest BCUT2D eigenvalue weighted by atomic mass is 16.5. The number of nitrogens with one attached hydrogen (secondary N) is 3. The minimum absolute atomic E-state index is 0.119. The molecule has 0 spiro atoms. The van der Waals surface area contributed by atoms with Crippen molar-refractivity contribution in [3.8, 4) is 0 Å². The summed E-state index contributed by atoms with van der Waals surface area (Å²) in [5.74, 6) is 1.29. The minimum Gasteiger partial charge on any atom is -0.451 e. The second kappa shape index (κ2) is 8.28. The van der Waals surface area contributed by atoms with Crippen molar-refractivity contribution in [3.63, 3.8) is 0 Å². The van der Waals surface area contributed by atoms with Crippen molar-refractivity contribution in [2.24, 2.45) is 17.8 Å². The lowest BCUT2D eigenvalue weighted by Crippen LogP contribution is -2.61. The van der Waals surface area contributed by atoms with Gasteiger partial charge in [0.2, 0.25) is 0 Å². The lowest BCUT2D eigenvalue weighted by atomic mass is 9.53. The SMILES string of the molecule is C[C@H](NC(=O)Nc1ccccc1)C(=O)O[C@H](C)C(=O)NC12CC3CC(CC(C3)C1)C2. The van der Waals surface area contributed by atoms with Crippen molar-refractivity contribution >= 4 is 23.6 Å². The van der Waals surface area contributed by atoms with Crippen LogP contribution in [0.5, 0.6) is 0 Å². The Morgan fingerprint density at radius 1 is 0.967 bits per heavy atom. The summed E-state index contributed by atoms with van der Waals surface area (Å²) in [6.45, 7) is 3.13. The fraction of sp³-hybridized carbons (Fsp3) is 0.609. The van der Waals surface area contributed by atoms with E-state index >= 15 is 0 Å². The maximum absolute atomic E-state index is 12.8. The number of amides is 3. The van der Waals surface area contributed by atoms with E-state index in [4.69, 9.17) is 4.74 Å². The minimum atomic E-state index is -0.896. The normalized spacial score (nSPS) is 30.8. The van der Waals surface area contributed by atoms with Gasteiger partial charge in [-0.05, 0) is 82.3 Å². The van der Waals surface area contributed by atoms with Crippen molar-refractivity contribution < 1.29 is 19.1 Å². The van der Waals surface area contributed by atoms with Crippen molar-refractivity contribution in [2.45, 2.75) is 70.1 Å². The molecule has 4 fully saturated rings. The molecular weight excluding hydrogens is 382 g/mol.